The van der Waals surface area contributed by atoms with Crippen LogP contribution in [0.2, 0.25) is 0 Å². The zero-order valence-corrected chi connectivity index (χ0v) is 8.42. The maximum atomic E-state index is 5.58. The van der Waals surface area contributed by atoms with Crippen LogP contribution in [0.15, 0.2) is 4.99 Å². The molecule has 0 aromatic carbocycles. The summed E-state index contributed by atoms with van der Waals surface area (Å²) in [5, 5.41) is 14.4. The molecule has 0 saturated carbocycles. The first-order valence-corrected chi connectivity index (χ1v) is 4.27. The molecule has 0 aliphatic rings. The number of nitrogens with two attached hydrogens (primary N) is 2. The number of rotatable bonds is 5. The molecule has 15 heavy (non-hydrogen) atoms. The highest BCUT2D eigenvalue weighted by molar-refractivity contribution is 5.77. The van der Waals surface area contributed by atoms with Crippen LogP contribution in [0.3, 0.4) is 0 Å². The number of nitrogens with one attached hydrogen (secondary N) is 1. The molecule has 9 heteroatoms. The van der Waals surface area contributed by atoms with Crippen LogP contribution in [-0.4, -0.2) is 51.9 Å². The van der Waals surface area contributed by atoms with E-state index in [4.69, 9.17) is 16.3 Å². The van der Waals surface area contributed by atoms with Crippen molar-refractivity contribution in [1.29, 1.82) is 0 Å². The van der Waals surface area contributed by atoms with E-state index in [1.807, 2.05) is 0 Å². The van der Waals surface area contributed by atoms with Gasteiger partial charge in [-0.25, -0.2) is 10.8 Å². The molecule has 0 atom stereocenters. The summed E-state index contributed by atoms with van der Waals surface area (Å²) in [7, 11) is 1.58. The predicted molar refractivity (Wildman–Crippen MR) is 52.3 cm³/mol. The van der Waals surface area contributed by atoms with Crippen LogP contribution in [-0.2, 0) is 11.3 Å². The van der Waals surface area contributed by atoms with Crippen molar-refractivity contribution in [2.45, 2.75) is 6.54 Å². The number of hydrogen-bond acceptors (Lipinski definition) is 6. The molecule has 0 unspecified atom stereocenters. The second-order valence-electron chi connectivity index (χ2n) is 2.69. The topological polar surface area (TPSA) is 131 Å². The number of hydrogen-bond donors (Lipinski definition) is 3. The average molecular weight is 214 g/mol. The Kier molecular flexibility index (Phi) is 4.44. The zero-order valence-electron chi connectivity index (χ0n) is 8.42. The zero-order chi connectivity index (χ0) is 11.1. The number of aromatic nitrogens is 4. The van der Waals surface area contributed by atoms with Crippen molar-refractivity contribution in [3.63, 3.8) is 0 Å². The molecule has 1 rings (SSSR count). The van der Waals surface area contributed by atoms with Crippen LogP contribution in [0.4, 0.5) is 0 Å². The van der Waals surface area contributed by atoms with Gasteiger partial charge in [0.15, 0.2) is 5.82 Å². The van der Waals surface area contributed by atoms with Crippen LogP contribution >= 0.6 is 0 Å². The summed E-state index contributed by atoms with van der Waals surface area (Å²) in [4.78, 5) is 3.97. The number of methoxy groups -OCH3 is 1. The molecule has 84 valence electrons. The molecule has 0 radical (unpaired) electrons. The Morgan fingerprint density at radius 3 is 3.07 bits per heavy atom. The Morgan fingerprint density at radius 1 is 1.67 bits per heavy atom. The summed E-state index contributed by atoms with van der Waals surface area (Å²) in [5.74, 6) is 6.24. The van der Waals surface area contributed by atoms with E-state index in [1.54, 1.807) is 7.11 Å². The normalized spacial score (nSPS) is 11.7. The van der Waals surface area contributed by atoms with Gasteiger partial charge in [0.2, 0.25) is 5.96 Å². The quantitative estimate of drug-likeness (QED) is 0.220. The number of tetrazole rings is 1. The summed E-state index contributed by atoms with van der Waals surface area (Å²) < 4.78 is 4.84. The van der Waals surface area contributed by atoms with E-state index >= 15 is 0 Å². The van der Waals surface area contributed by atoms with E-state index in [-0.39, 0.29) is 12.5 Å². The van der Waals surface area contributed by atoms with Crippen LogP contribution in [0.5, 0.6) is 0 Å². The fraction of sp³-hybridized carbons (Fsp3) is 0.667. The van der Waals surface area contributed by atoms with E-state index in [0.717, 1.165) is 0 Å². The van der Waals surface area contributed by atoms with E-state index in [1.165, 1.54) is 5.01 Å². The monoisotopic (exact) mass is 214 g/mol. The number of nitrogens with zero attached hydrogens (tertiary/aromatic N) is 5. The Hall–Kier alpha value is -1.74. The molecule has 0 fully saturated rings. The Balaban J connectivity index is 2.38. The molecule has 0 spiro atoms. The van der Waals surface area contributed by atoms with Crippen molar-refractivity contribution in [3.05, 3.63) is 5.82 Å². The minimum Gasteiger partial charge on any atom is -0.383 e. The molecule has 1 heterocycles. The van der Waals surface area contributed by atoms with E-state index in [0.29, 0.717) is 19.0 Å². The molecule has 5 N–H and O–H groups in total. The Labute approximate surface area is 86.4 Å². The first-order chi connectivity index (χ1) is 7.24. The minimum absolute atomic E-state index is 0.205. The molecule has 0 bridgehead atoms. The van der Waals surface area contributed by atoms with Crippen molar-refractivity contribution < 1.29 is 4.74 Å². The van der Waals surface area contributed by atoms with Gasteiger partial charge in [-0.05, 0) is 0 Å². The third kappa shape index (κ3) is 3.87. The van der Waals surface area contributed by atoms with Crippen molar-refractivity contribution >= 4 is 5.96 Å². The maximum absolute atomic E-state index is 5.58. The Morgan fingerprint density at radius 2 is 2.47 bits per heavy atom. The van der Waals surface area contributed by atoms with E-state index in [2.05, 4.69) is 25.6 Å². The number of aliphatic imine (C=N–C) groups is 1. The molecule has 0 aliphatic carbocycles. The SMILES string of the molecule is COCCN(N)C(N)=NCc1nn[nH]n1. The molecule has 1 aromatic heterocycles. The maximum Gasteiger partial charge on any atom is 0.206 e. The number of hydrazine groups is 1. The van der Waals surface area contributed by atoms with Crippen molar-refractivity contribution in [2.75, 3.05) is 20.3 Å². The summed E-state index contributed by atoms with van der Waals surface area (Å²) in [6, 6.07) is 0. The Bertz CT molecular complexity index is 296. The van der Waals surface area contributed by atoms with E-state index < -0.39 is 0 Å². The fourth-order valence-electron chi connectivity index (χ4n) is 0.796. The molecule has 0 amide bonds. The van der Waals surface area contributed by atoms with Gasteiger partial charge in [0.1, 0.15) is 6.54 Å². The lowest BCUT2D eigenvalue weighted by Crippen LogP contribution is -2.44. The number of aromatic amines is 1. The highest BCUT2D eigenvalue weighted by atomic mass is 16.5. The van der Waals surface area contributed by atoms with Gasteiger partial charge in [-0.15, -0.1) is 10.2 Å². The van der Waals surface area contributed by atoms with Crippen LogP contribution < -0.4 is 11.6 Å². The lowest BCUT2D eigenvalue weighted by molar-refractivity contribution is 0.176. The van der Waals surface area contributed by atoms with Gasteiger partial charge in [-0.2, -0.15) is 5.21 Å². The fourth-order valence-corrected chi connectivity index (χ4v) is 0.796. The van der Waals surface area contributed by atoms with Crippen molar-refractivity contribution in [3.8, 4) is 0 Å². The van der Waals surface area contributed by atoms with Gasteiger partial charge in [0.25, 0.3) is 0 Å². The van der Waals surface area contributed by atoms with Gasteiger partial charge in [0.05, 0.1) is 13.2 Å². The minimum atomic E-state index is 0.205. The van der Waals surface area contributed by atoms with Crippen LogP contribution in [0.25, 0.3) is 0 Å². The summed E-state index contributed by atoms with van der Waals surface area (Å²) >= 11 is 0. The van der Waals surface area contributed by atoms with Gasteiger partial charge >= 0.3 is 0 Å². The average Bonchev–Trinajstić information content (AvgIpc) is 2.75. The van der Waals surface area contributed by atoms with E-state index in [9.17, 15) is 0 Å². The number of guanidine groups is 1. The first kappa shape index (κ1) is 11.3. The summed E-state index contributed by atoms with van der Waals surface area (Å²) in [5.41, 5.74) is 5.58. The molecule has 0 aliphatic heterocycles. The highest BCUT2D eigenvalue weighted by Gasteiger charge is 2.02. The van der Waals surface area contributed by atoms with Gasteiger partial charge in [-0.3, -0.25) is 5.01 Å². The highest BCUT2D eigenvalue weighted by Crippen LogP contribution is 1.88. The molecule has 9 nitrogen and oxygen atoms in total. The van der Waals surface area contributed by atoms with Gasteiger partial charge in [0, 0.05) is 7.11 Å². The summed E-state index contributed by atoms with van der Waals surface area (Å²) in [6.45, 7) is 1.19. The molecular formula is C6H14N8O. The molecule has 0 saturated heterocycles. The number of ether oxygens (including phenoxy) is 1. The first-order valence-electron chi connectivity index (χ1n) is 4.27. The van der Waals surface area contributed by atoms with Crippen molar-refractivity contribution in [1.82, 2.24) is 25.6 Å². The van der Waals surface area contributed by atoms with Crippen LogP contribution in [0.1, 0.15) is 5.82 Å². The third-order valence-corrected chi connectivity index (χ3v) is 1.60. The van der Waals surface area contributed by atoms with Crippen LogP contribution in [0, 0.1) is 0 Å². The lowest BCUT2D eigenvalue weighted by atomic mass is 10.6. The number of H-pyrrole nitrogens is 1. The smallest absolute Gasteiger partial charge is 0.206 e. The second kappa shape index (κ2) is 5.88. The standard InChI is InChI=1S/C6H14N8O/c1-15-3-2-14(8)6(7)9-4-5-10-12-13-11-5/h2-4,8H2,1H3,(H2,7,9)(H,10,11,12,13). The summed E-state index contributed by atoms with van der Waals surface area (Å²) in [6.07, 6.45) is 0. The molecular weight excluding hydrogens is 200 g/mol. The van der Waals surface area contributed by atoms with Gasteiger partial charge < -0.3 is 10.5 Å². The largest absolute Gasteiger partial charge is 0.383 e. The third-order valence-electron chi connectivity index (χ3n) is 1.60. The predicted octanol–water partition coefficient (Wildman–Crippen LogP) is -2.16. The lowest BCUT2D eigenvalue weighted by Gasteiger charge is -2.16. The molecule has 1 aromatic rings. The van der Waals surface area contributed by atoms with Crippen molar-refractivity contribution in [2.24, 2.45) is 16.6 Å². The van der Waals surface area contributed by atoms with Gasteiger partial charge in [-0.1, -0.05) is 5.21 Å². The second-order valence-corrected chi connectivity index (χ2v) is 2.69.